The van der Waals surface area contributed by atoms with Gasteiger partial charge in [-0.05, 0) is 12.0 Å². The van der Waals surface area contributed by atoms with Gasteiger partial charge in [-0.15, -0.1) is 12.4 Å². The zero-order chi connectivity index (χ0) is 16.1. The van der Waals surface area contributed by atoms with Crippen molar-refractivity contribution in [1.82, 2.24) is 15.1 Å². The highest BCUT2D eigenvalue weighted by Crippen LogP contribution is 2.18. The average Bonchev–Trinajstić information content (AvgIpc) is 3.04. The predicted molar refractivity (Wildman–Crippen MR) is 97.4 cm³/mol. The normalized spacial score (nSPS) is 24.4. The van der Waals surface area contributed by atoms with Gasteiger partial charge in [-0.25, -0.2) is 0 Å². The Balaban J connectivity index is 0.00000208. The highest BCUT2D eigenvalue weighted by Gasteiger charge is 2.29. The summed E-state index contributed by atoms with van der Waals surface area (Å²) in [5, 5.41) is 3.28. The molecule has 6 heteroatoms. The highest BCUT2D eigenvalue weighted by molar-refractivity contribution is 5.85. The number of morpholine rings is 1. The third kappa shape index (κ3) is 5.18. The van der Waals surface area contributed by atoms with E-state index in [1.807, 2.05) is 18.0 Å². The van der Waals surface area contributed by atoms with Crippen molar-refractivity contribution in [2.75, 3.05) is 39.8 Å². The van der Waals surface area contributed by atoms with Crippen LogP contribution in [0.25, 0.3) is 0 Å². The molecule has 0 bridgehead atoms. The molecule has 2 fully saturated rings. The van der Waals surface area contributed by atoms with E-state index in [0.717, 1.165) is 39.1 Å². The van der Waals surface area contributed by atoms with Crippen LogP contribution < -0.4 is 5.32 Å². The minimum absolute atomic E-state index is 0. The van der Waals surface area contributed by atoms with Gasteiger partial charge >= 0.3 is 0 Å². The highest BCUT2D eigenvalue weighted by atomic mass is 35.5. The largest absolute Gasteiger partial charge is 0.375 e. The first-order valence-electron chi connectivity index (χ1n) is 8.56. The summed E-state index contributed by atoms with van der Waals surface area (Å²) in [4.78, 5) is 16.8. The van der Waals surface area contributed by atoms with Crippen molar-refractivity contribution in [3.05, 3.63) is 35.9 Å². The lowest BCUT2D eigenvalue weighted by molar-refractivity contribution is -0.135. The molecule has 1 aromatic rings. The number of benzene rings is 1. The van der Waals surface area contributed by atoms with Gasteiger partial charge in [0.25, 0.3) is 0 Å². The van der Waals surface area contributed by atoms with E-state index in [4.69, 9.17) is 4.74 Å². The fraction of sp³-hybridized carbons (Fsp3) is 0.611. The molecule has 0 spiro atoms. The molecule has 0 saturated carbocycles. The van der Waals surface area contributed by atoms with Gasteiger partial charge in [-0.2, -0.15) is 0 Å². The number of carbonyl (C=O) groups excluding carboxylic acids is 1. The summed E-state index contributed by atoms with van der Waals surface area (Å²) in [6, 6.07) is 10.9. The van der Waals surface area contributed by atoms with Gasteiger partial charge in [0.15, 0.2) is 0 Å². The summed E-state index contributed by atoms with van der Waals surface area (Å²) in [6.07, 6.45) is 1.57. The molecule has 1 amide bonds. The van der Waals surface area contributed by atoms with Crippen molar-refractivity contribution in [3.8, 4) is 0 Å². The van der Waals surface area contributed by atoms with Gasteiger partial charge in [0.2, 0.25) is 5.91 Å². The molecule has 2 saturated heterocycles. The lowest BCUT2D eigenvalue weighted by Gasteiger charge is -2.29. The Morgan fingerprint density at radius 3 is 2.88 bits per heavy atom. The average molecular weight is 354 g/mol. The van der Waals surface area contributed by atoms with E-state index >= 15 is 0 Å². The number of nitrogens with zero attached hydrogens (tertiary/aromatic N) is 2. The van der Waals surface area contributed by atoms with E-state index in [2.05, 4.69) is 34.5 Å². The predicted octanol–water partition coefficient (Wildman–Crippen LogP) is 1.52. The van der Waals surface area contributed by atoms with E-state index in [1.54, 1.807) is 0 Å². The number of amides is 1. The fourth-order valence-electron chi connectivity index (χ4n) is 3.41. The Morgan fingerprint density at radius 2 is 2.17 bits per heavy atom. The van der Waals surface area contributed by atoms with Gasteiger partial charge in [0.1, 0.15) is 0 Å². The van der Waals surface area contributed by atoms with Gasteiger partial charge in [-0.3, -0.25) is 9.69 Å². The Labute approximate surface area is 150 Å². The molecule has 5 nitrogen and oxygen atoms in total. The third-order valence-electron chi connectivity index (χ3n) is 4.84. The van der Waals surface area contributed by atoms with Crippen molar-refractivity contribution in [2.45, 2.75) is 31.5 Å². The Morgan fingerprint density at radius 1 is 1.38 bits per heavy atom. The zero-order valence-corrected chi connectivity index (χ0v) is 15.1. The molecule has 2 unspecified atom stereocenters. The summed E-state index contributed by atoms with van der Waals surface area (Å²) in [7, 11) is 1.94. The summed E-state index contributed by atoms with van der Waals surface area (Å²) < 4.78 is 5.64. The topological polar surface area (TPSA) is 44.8 Å². The van der Waals surface area contributed by atoms with Crippen LogP contribution in [0, 0.1) is 0 Å². The lowest BCUT2D eigenvalue weighted by Crippen LogP contribution is -2.44. The summed E-state index contributed by atoms with van der Waals surface area (Å²) >= 11 is 0. The van der Waals surface area contributed by atoms with Gasteiger partial charge < -0.3 is 15.0 Å². The minimum Gasteiger partial charge on any atom is -0.375 e. The number of halogens is 1. The molecule has 0 aliphatic carbocycles. The van der Waals surface area contributed by atoms with Crippen LogP contribution in [0.4, 0.5) is 0 Å². The van der Waals surface area contributed by atoms with Crippen LogP contribution in [0.3, 0.4) is 0 Å². The quantitative estimate of drug-likeness (QED) is 0.871. The maximum absolute atomic E-state index is 12.5. The minimum atomic E-state index is 0. The van der Waals surface area contributed by atoms with Gasteiger partial charge in [0.05, 0.1) is 19.1 Å². The van der Waals surface area contributed by atoms with Crippen molar-refractivity contribution in [3.63, 3.8) is 0 Å². The molecule has 2 heterocycles. The second kappa shape index (κ2) is 9.37. The summed E-state index contributed by atoms with van der Waals surface area (Å²) in [5.41, 5.74) is 1.34. The number of likely N-dealkylation sites (N-methyl/N-ethyl adjacent to an activating group) is 1. The van der Waals surface area contributed by atoms with E-state index in [-0.39, 0.29) is 24.4 Å². The maximum Gasteiger partial charge on any atom is 0.225 e. The number of hydrogen-bond donors (Lipinski definition) is 1. The molecule has 2 aliphatic rings. The molecule has 3 rings (SSSR count). The molecule has 2 aliphatic heterocycles. The van der Waals surface area contributed by atoms with Crippen molar-refractivity contribution >= 4 is 18.3 Å². The summed E-state index contributed by atoms with van der Waals surface area (Å²) in [6.45, 7) is 5.35. The van der Waals surface area contributed by atoms with Gasteiger partial charge in [0, 0.05) is 45.8 Å². The van der Waals surface area contributed by atoms with Gasteiger partial charge in [-0.1, -0.05) is 30.3 Å². The first kappa shape index (κ1) is 19.2. The van der Waals surface area contributed by atoms with Crippen LogP contribution in [-0.2, 0) is 16.1 Å². The number of ether oxygens (including phenoxy) is 1. The Kier molecular flexibility index (Phi) is 7.49. The molecule has 24 heavy (non-hydrogen) atoms. The van der Waals surface area contributed by atoms with Crippen LogP contribution >= 0.6 is 12.4 Å². The van der Waals surface area contributed by atoms with Crippen molar-refractivity contribution in [1.29, 1.82) is 0 Å². The molecule has 1 N–H and O–H groups in total. The monoisotopic (exact) mass is 353 g/mol. The maximum atomic E-state index is 12.5. The number of hydrogen-bond acceptors (Lipinski definition) is 4. The first-order chi connectivity index (χ1) is 11.2. The number of rotatable bonds is 5. The van der Waals surface area contributed by atoms with Crippen molar-refractivity contribution in [2.24, 2.45) is 0 Å². The third-order valence-corrected chi connectivity index (χ3v) is 4.84. The number of carbonyl (C=O) groups is 1. The molecule has 2 atom stereocenters. The van der Waals surface area contributed by atoms with E-state index < -0.39 is 0 Å². The number of likely N-dealkylation sites (tertiary alicyclic amines) is 1. The number of nitrogens with one attached hydrogen (secondary N) is 1. The molecular formula is C18H28ClN3O2. The standard InChI is InChI=1S/C18H27N3O2.ClH/c1-20(18(22)11-17-12-19-8-10-23-17)16-7-9-21(14-16)13-15-5-3-2-4-6-15;/h2-6,16-17,19H,7-14H2,1H3;1H. The van der Waals surface area contributed by atoms with Crippen LogP contribution in [-0.4, -0.2) is 67.7 Å². The van der Waals surface area contributed by atoms with Crippen LogP contribution in [0.15, 0.2) is 30.3 Å². The SMILES string of the molecule is CN(C(=O)CC1CNCCO1)C1CCN(Cc2ccccc2)C1.Cl. The lowest BCUT2D eigenvalue weighted by atomic mass is 10.1. The molecule has 134 valence electrons. The van der Waals surface area contributed by atoms with E-state index in [9.17, 15) is 4.79 Å². The van der Waals surface area contributed by atoms with Crippen LogP contribution in [0.2, 0.25) is 0 Å². The second-order valence-electron chi connectivity index (χ2n) is 6.57. The first-order valence-corrected chi connectivity index (χ1v) is 8.56. The Bertz CT molecular complexity index is 508. The Hall–Kier alpha value is -1.14. The van der Waals surface area contributed by atoms with Crippen LogP contribution in [0.5, 0.6) is 0 Å². The smallest absolute Gasteiger partial charge is 0.225 e. The molecule has 0 radical (unpaired) electrons. The second-order valence-corrected chi connectivity index (χ2v) is 6.57. The fourth-order valence-corrected chi connectivity index (χ4v) is 3.41. The molecule has 1 aromatic carbocycles. The zero-order valence-electron chi connectivity index (χ0n) is 14.3. The molecular weight excluding hydrogens is 326 g/mol. The van der Waals surface area contributed by atoms with E-state index in [1.165, 1.54) is 5.56 Å². The molecule has 0 aromatic heterocycles. The van der Waals surface area contributed by atoms with E-state index in [0.29, 0.717) is 19.1 Å². The summed E-state index contributed by atoms with van der Waals surface area (Å²) in [5.74, 6) is 0.199. The van der Waals surface area contributed by atoms with Crippen molar-refractivity contribution < 1.29 is 9.53 Å². The van der Waals surface area contributed by atoms with Crippen LogP contribution in [0.1, 0.15) is 18.4 Å².